The van der Waals surface area contributed by atoms with E-state index in [0.717, 1.165) is 0 Å². The number of unbranched alkanes of at least 4 members (excludes halogenated alkanes) is 5. The minimum absolute atomic E-state index is 1.16. The van der Waals surface area contributed by atoms with E-state index in [9.17, 15) is 0 Å². The molecule has 0 N–H and O–H groups in total. The molecule has 0 unspecified atom stereocenters. The predicted molar refractivity (Wildman–Crippen MR) is 73.6 cm³/mol. The van der Waals surface area contributed by atoms with E-state index in [4.69, 9.17) is 0 Å². The highest BCUT2D eigenvalue weighted by molar-refractivity contribution is 6.83. The molecule has 0 aliphatic carbocycles. The van der Waals surface area contributed by atoms with Crippen molar-refractivity contribution in [3.05, 3.63) is 12.2 Å². The van der Waals surface area contributed by atoms with Crippen LogP contribution < -0.4 is 0 Å². The maximum Gasteiger partial charge on any atom is 0.129 e. The molecule has 0 atom stereocenters. The number of hydrogen-bond donors (Lipinski definition) is 0. The molecule has 0 aliphatic heterocycles. The topological polar surface area (TPSA) is 0 Å². The second kappa shape index (κ2) is 8.80. The molecule has 15 heavy (non-hydrogen) atoms. The monoisotopic (exact) mass is 222 g/mol. The van der Waals surface area contributed by atoms with Gasteiger partial charge in [-0.05, 0) is 18.9 Å². The van der Waals surface area contributed by atoms with E-state index in [1.165, 1.54) is 38.5 Å². The van der Waals surface area contributed by atoms with Gasteiger partial charge in [-0.3, -0.25) is 0 Å². The average Bonchev–Trinajstić information content (AvgIpc) is 2.14. The molecular weight excluding hydrogens is 196 g/mol. The Morgan fingerprint density at radius 2 is 1.67 bits per heavy atom. The van der Waals surface area contributed by atoms with Crippen molar-refractivity contribution in [2.24, 2.45) is 0 Å². The second-order valence-corrected chi connectivity index (χ2v) is 9.87. The molecule has 0 rings (SSSR count). The van der Waals surface area contributed by atoms with E-state index in [2.05, 4.69) is 44.1 Å². The summed E-state index contributed by atoms with van der Waals surface area (Å²) in [6, 6.07) is 0. The molecule has 0 fully saturated rings. The van der Waals surface area contributed by atoms with Crippen LogP contribution in [0.1, 0.15) is 45.4 Å². The zero-order valence-corrected chi connectivity index (χ0v) is 11.9. The molecular formula is C14H26Si. The summed E-state index contributed by atoms with van der Waals surface area (Å²) in [6.07, 6.45) is 12.3. The van der Waals surface area contributed by atoms with Crippen LogP contribution >= 0.6 is 0 Å². The van der Waals surface area contributed by atoms with Crippen LogP contribution in [0, 0.1) is 11.5 Å². The molecule has 0 aromatic rings. The molecule has 0 aromatic carbocycles. The third-order valence-corrected chi connectivity index (χ3v) is 3.02. The highest BCUT2D eigenvalue weighted by Gasteiger charge is 2.06. The lowest BCUT2D eigenvalue weighted by molar-refractivity contribution is 0.637. The molecule has 0 aromatic heterocycles. The summed E-state index contributed by atoms with van der Waals surface area (Å²) in [7, 11) is -1.16. The van der Waals surface area contributed by atoms with E-state index >= 15 is 0 Å². The minimum Gasteiger partial charge on any atom is -0.127 e. The van der Waals surface area contributed by atoms with Crippen molar-refractivity contribution in [3.63, 3.8) is 0 Å². The Morgan fingerprint density at radius 3 is 2.27 bits per heavy atom. The molecule has 86 valence electrons. The highest BCUT2D eigenvalue weighted by Crippen LogP contribution is 2.05. The minimum atomic E-state index is -1.16. The van der Waals surface area contributed by atoms with Crippen molar-refractivity contribution in [2.75, 3.05) is 0 Å². The van der Waals surface area contributed by atoms with Crippen LogP contribution in [0.3, 0.4) is 0 Å². The summed E-state index contributed by atoms with van der Waals surface area (Å²) in [4.78, 5) is 0. The van der Waals surface area contributed by atoms with Gasteiger partial charge in [-0.1, -0.05) is 64.2 Å². The quantitative estimate of drug-likeness (QED) is 0.344. The van der Waals surface area contributed by atoms with Crippen LogP contribution in [0.4, 0.5) is 0 Å². The van der Waals surface area contributed by atoms with Crippen molar-refractivity contribution in [3.8, 4) is 11.5 Å². The molecule has 0 spiro atoms. The van der Waals surface area contributed by atoms with Gasteiger partial charge >= 0.3 is 0 Å². The van der Waals surface area contributed by atoms with Gasteiger partial charge in [-0.25, -0.2) is 0 Å². The standard InChI is InChI=1S/C14H26Si/c1-5-6-7-8-9-10-11-12-13-14-15(2,3)4/h11-12H,5-10H2,1-4H3/b12-11+. The molecule has 0 saturated carbocycles. The normalized spacial score (nSPS) is 11.5. The van der Waals surface area contributed by atoms with Crippen molar-refractivity contribution in [2.45, 2.75) is 65.1 Å². The van der Waals surface area contributed by atoms with E-state index in [1.807, 2.05) is 6.08 Å². The van der Waals surface area contributed by atoms with Gasteiger partial charge in [0, 0.05) is 0 Å². The first-order valence-electron chi connectivity index (χ1n) is 6.24. The Hall–Kier alpha value is -0.483. The van der Waals surface area contributed by atoms with Gasteiger partial charge in [-0.2, -0.15) is 0 Å². The zero-order valence-electron chi connectivity index (χ0n) is 10.9. The summed E-state index contributed by atoms with van der Waals surface area (Å²) >= 11 is 0. The van der Waals surface area contributed by atoms with E-state index in [1.54, 1.807) is 0 Å². The third kappa shape index (κ3) is 13.5. The Labute approximate surface area is 97.2 Å². The lowest BCUT2D eigenvalue weighted by Gasteiger charge is -2.02. The van der Waals surface area contributed by atoms with Crippen LogP contribution in [0.2, 0.25) is 19.6 Å². The summed E-state index contributed by atoms with van der Waals surface area (Å²) in [5.74, 6) is 3.16. The van der Waals surface area contributed by atoms with Crippen LogP contribution in [0.25, 0.3) is 0 Å². The van der Waals surface area contributed by atoms with Crippen molar-refractivity contribution >= 4 is 8.07 Å². The Morgan fingerprint density at radius 1 is 1.00 bits per heavy atom. The number of hydrogen-bond acceptors (Lipinski definition) is 0. The molecule has 0 radical (unpaired) electrons. The van der Waals surface area contributed by atoms with Crippen molar-refractivity contribution < 1.29 is 0 Å². The summed E-state index contributed by atoms with van der Waals surface area (Å²) in [6.45, 7) is 9.08. The van der Waals surface area contributed by atoms with Crippen LogP contribution in [-0.4, -0.2) is 8.07 Å². The Bertz CT molecular complexity index is 222. The van der Waals surface area contributed by atoms with E-state index in [-0.39, 0.29) is 0 Å². The number of allylic oxidation sites excluding steroid dienone is 2. The van der Waals surface area contributed by atoms with Crippen LogP contribution in [-0.2, 0) is 0 Å². The summed E-state index contributed by atoms with van der Waals surface area (Å²) in [5, 5.41) is 0. The first-order valence-corrected chi connectivity index (χ1v) is 9.74. The molecule has 0 aliphatic rings. The third-order valence-electron chi connectivity index (χ3n) is 2.12. The smallest absolute Gasteiger partial charge is 0.127 e. The Balaban J connectivity index is 3.42. The molecule has 0 bridgehead atoms. The van der Waals surface area contributed by atoms with Crippen LogP contribution in [0.5, 0.6) is 0 Å². The fraction of sp³-hybridized carbons (Fsp3) is 0.714. The van der Waals surface area contributed by atoms with Gasteiger partial charge in [0.2, 0.25) is 0 Å². The molecule has 0 nitrogen and oxygen atoms in total. The van der Waals surface area contributed by atoms with Gasteiger partial charge < -0.3 is 0 Å². The maximum absolute atomic E-state index is 3.34. The predicted octanol–water partition coefficient (Wildman–Crippen LogP) is 4.78. The van der Waals surface area contributed by atoms with Crippen molar-refractivity contribution in [1.82, 2.24) is 0 Å². The van der Waals surface area contributed by atoms with Gasteiger partial charge in [0.05, 0.1) is 0 Å². The van der Waals surface area contributed by atoms with E-state index < -0.39 is 8.07 Å². The molecule has 0 heterocycles. The average molecular weight is 222 g/mol. The van der Waals surface area contributed by atoms with Crippen LogP contribution in [0.15, 0.2) is 12.2 Å². The van der Waals surface area contributed by atoms with Crippen molar-refractivity contribution in [1.29, 1.82) is 0 Å². The fourth-order valence-electron chi connectivity index (χ4n) is 1.27. The van der Waals surface area contributed by atoms with Gasteiger partial charge in [0.25, 0.3) is 0 Å². The lowest BCUT2D eigenvalue weighted by atomic mass is 10.1. The van der Waals surface area contributed by atoms with Gasteiger partial charge in [0.1, 0.15) is 8.07 Å². The lowest BCUT2D eigenvalue weighted by Crippen LogP contribution is -2.16. The zero-order chi connectivity index (χ0) is 11.6. The first-order chi connectivity index (χ1) is 7.06. The SMILES string of the molecule is CCCCCCC/C=C/C#C[Si](C)(C)C. The first kappa shape index (κ1) is 14.5. The number of rotatable bonds is 6. The highest BCUT2D eigenvalue weighted by atomic mass is 28.3. The largest absolute Gasteiger partial charge is 0.129 e. The molecule has 0 saturated heterocycles. The van der Waals surface area contributed by atoms with E-state index in [0.29, 0.717) is 0 Å². The fourth-order valence-corrected chi connectivity index (χ4v) is 1.78. The second-order valence-electron chi connectivity index (χ2n) is 5.12. The molecule has 0 amide bonds. The summed E-state index contributed by atoms with van der Waals surface area (Å²) < 4.78 is 0. The maximum atomic E-state index is 3.34. The van der Waals surface area contributed by atoms with Gasteiger partial charge in [0.15, 0.2) is 0 Å². The summed E-state index contributed by atoms with van der Waals surface area (Å²) in [5.41, 5.74) is 3.34. The molecule has 1 heteroatoms. The Kier molecular flexibility index (Phi) is 8.51. The van der Waals surface area contributed by atoms with Gasteiger partial charge in [-0.15, -0.1) is 5.54 Å².